The van der Waals surface area contributed by atoms with E-state index in [1.54, 1.807) is 0 Å². The highest BCUT2D eigenvalue weighted by atomic mass is 14.9. The van der Waals surface area contributed by atoms with Gasteiger partial charge in [0.2, 0.25) is 0 Å². The zero-order valence-corrected chi connectivity index (χ0v) is 11.5. The van der Waals surface area contributed by atoms with E-state index in [1.807, 2.05) is 0 Å². The summed E-state index contributed by atoms with van der Waals surface area (Å²) in [6, 6.07) is 19.8. The Hall–Kier alpha value is -1.60. The molecule has 1 unspecified atom stereocenters. The van der Waals surface area contributed by atoms with Crippen LogP contribution in [0.1, 0.15) is 29.5 Å². The molecule has 19 heavy (non-hydrogen) atoms. The Bertz CT molecular complexity index is 539. The second-order valence-corrected chi connectivity index (χ2v) is 5.54. The van der Waals surface area contributed by atoms with E-state index < -0.39 is 0 Å². The SMILES string of the molecule is Cc1ccccc1C1(c2ccccc2)CCCNC1. The van der Waals surface area contributed by atoms with Gasteiger partial charge in [0.15, 0.2) is 0 Å². The molecule has 1 atom stereocenters. The summed E-state index contributed by atoms with van der Waals surface area (Å²) in [7, 11) is 0. The van der Waals surface area contributed by atoms with Gasteiger partial charge in [-0.2, -0.15) is 0 Å². The Morgan fingerprint density at radius 2 is 1.68 bits per heavy atom. The maximum absolute atomic E-state index is 3.60. The third kappa shape index (κ3) is 2.19. The zero-order valence-electron chi connectivity index (χ0n) is 11.5. The van der Waals surface area contributed by atoms with Gasteiger partial charge in [-0.15, -0.1) is 0 Å². The molecule has 1 aliphatic heterocycles. The van der Waals surface area contributed by atoms with Crippen molar-refractivity contribution in [2.75, 3.05) is 13.1 Å². The molecule has 2 aromatic carbocycles. The van der Waals surface area contributed by atoms with Gasteiger partial charge in [-0.05, 0) is 43.0 Å². The van der Waals surface area contributed by atoms with Crippen LogP contribution in [-0.2, 0) is 5.41 Å². The van der Waals surface area contributed by atoms with Crippen LogP contribution in [0.15, 0.2) is 54.6 Å². The molecule has 0 radical (unpaired) electrons. The summed E-state index contributed by atoms with van der Waals surface area (Å²) in [5, 5.41) is 3.60. The van der Waals surface area contributed by atoms with Crippen LogP contribution in [0.4, 0.5) is 0 Å². The fraction of sp³-hybridized carbons (Fsp3) is 0.333. The third-order valence-corrected chi connectivity index (χ3v) is 4.37. The average Bonchev–Trinajstić information content (AvgIpc) is 2.49. The molecular formula is C18H21N. The molecule has 1 aliphatic rings. The standard InChI is InChI=1S/C18H21N/c1-15-8-5-6-11-17(15)18(12-7-13-19-14-18)16-9-3-2-4-10-16/h2-6,8-11,19H,7,12-14H2,1H3. The minimum absolute atomic E-state index is 0.144. The molecular weight excluding hydrogens is 230 g/mol. The Labute approximate surface area is 115 Å². The highest BCUT2D eigenvalue weighted by Crippen LogP contribution is 2.39. The molecule has 1 fully saturated rings. The van der Waals surface area contributed by atoms with E-state index in [0.717, 1.165) is 13.1 Å². The van der Waals surface area contributed by atoms with Crippen molar-refractivity contribution in [2.45, 2.75) is 25.2 Å². The molecule has 1 N–H and O–H groups in total. The van der Waals surface area contributed by atoms with Crippen LogP contribution in [0.5, 0.6) is 0 Å². The molecule has 0 spiro atoms. The molecule has 0 aliphatic carbocycles. The number of piperidine rings is 1. The van der Waals surface area contributed by atoms with Gasteiger partial charge in [0.25, 0.3) is 0 Å². The van der Waals surface area contributed by atoms with E-state index in [0.29, 0.717) is 0 Å². The minimum Gasteiger partial charge on any atom is -0.316 e. The summed E-state index contributed by atoms with van der Waals surface area (Å²) in [4.78, 5) is 0. The van der Waals surface area contributed by atoms with E-state index in [2.05, 4.69) is 66.8 Å². The smallest absolute Gasteiger partial charge is 0.0330 e. The quantitative estimate of drug-likeness (QED) is 0.859. The van der Waals surface area contributed by atoms with E-state index in [1.165, 1.54) is 29.5 Å². The van der Waals surface area contributed by atoms with Crippen LogP contribution < -0.4 is 5.32 Å². The van der Waals surface area contributed by atoms with E-state index >= 15 is 0 Å². The number of hydrogen-bond acceptors (Lipinski definition) is 1. The normalized spacial score (nSPS) is 23.2. The maximum atomic E-state index is 3.60. The van der Waals surface area contributed by atoms with Crippen molar-refractivity contribution in [3.8, 4) is 0 Å². The lowest BCUT2D eigenvalue weighted by Crippen LogP contribution is -2.44. The predicted molar refractivity (Wildman–Crippen MR) is 80.5 cm³/mol. The highest BCUT2D eigenvalue weighted by Gasteiger charge is 2.36. The summed E-state index contributed by atoms with van der Waals surface area (Å²) in [6.45, 7) is 4.41. The molecule has 0 bridgehead atoms. The fourth-order valence-corrected chi connectivity index (χ4v) is 3.40. The van der Waals surface area contributed by atoms with Gasteiger partial charge < -0.3 is 5.32 Å². The third-order valence-electron chi connectivity index (χ3n) is 4.37. The van der Waals surface area contributed by atoms with E-state index in [-0.39, 0.29) is 5.41 Å². The van der Waals surface area contributed by atoms with E-state index in [9.17, 15) is 0 Å². The van der Waals surface area contributed by atoms with Crippen molar-refractivity contribution >= 4 is 0 Å². The lowest BCUT2D eigenvalue weighted by atomic mass is 9.68. The second-order valence-electron chi connectivity index (χ2n) is 5.54. The van der Waals surface area contributed by atoms with Crippen LogP contribution in [-0.4, -0.2) is 13.1 Å². The summed E-state index contributed by atoms with van der Waals surface area (Å²) >= 11 is 0. The summed E-state index contributed by atoms with van der Waals surface area (Å²) in [6.07, 6.45) is 2.47. The summed E-state index contributed by atoms with van der Waals surface area (Å²) in [5.74, 6) is 0. The lowest BCUT2D eigenvalue weighted by Gasteiger charge is -2.40. The molecule has 1 saturated heterocycles. The first-order valence-corrected chi connectivity index (χ1v) is 7.15. The number of benzene rings is 2. The van der Waals surface area contributed by atoms with Gasteiger partial charge in [0.1, 0.15) is 0 Å². The number of rotatable bonds is 2. The van der Waals surface area contributed by atoms with Crippen molar-refractivity contribution in [1.29, 1.82) is 0 Å². The average molecular weight is 251 g/mol. The summed E-state index contributed by atoms with van der Waals surface area (Å²) < 4.78 is 0. The number of nitrogens with one attached hydrogen (secondary N) is 1. The molecule has 0 saturated carbocycles. The van der Waals surface area contributed by atoms with Gasteiger partial charge in [-0.25, -0.2) is 0 Å². The van der Waals surface area contributed by atoms with Gasteiger partial charge in [0, 0.05) is 12.0 Å². The van der Waals surface area contributed by atoms with Crippen molar-refractivity contribution < 1.29 is 0 Å². The van der Waals surface area contributed by atoms with Gasteiger partial charge in [0.05, 0.1) is 0 Å². The number of aryl methyl sites for hydroxylation is 1. The van der Waals surface area contributed by atoms with Gasteiger partial charge in [-0.3, -0.25) is 0 Å². The molecule has 0 amide bonds. The first-order chi connectivity index (χ1) is 9.33. The minimum atomic E-state index is 0.144. The molecule has 0 aromatic heterocycles. The lowest BCUT2D eigenvalue weighted by molar-refractivity contribution is 0.364. The van der Waals surface area contributed by atoms with Gasteiger partial charge >= 0.3 is 0 Å². The topological polar surface area (TPSA) is 12.0 Å². The molecule has 3 rings (SSSR count). The number of hydrogen-bond donors (Lipinski definition) is 1. The zero-order chi connectivity index (χ0) is 13.1. The van der Waals surface area contributed by atoms with Crippen molar-refractivity contribution in [3.63, 3.8) is 0 Å². The van der Waals surface area contributed by atoms with Crippen LogP contribution in [0.25, 0.3) is 0 Å². The van der Waals surface area contributed by atoms with Crippen molar-refractivity contribution in [2.24, 2.45) is 0 Å². The Morgan fingerprint density at radius 3 is 2.37 bits per heavy atom. The van der Waals surface area contributed by atoms with Crippen molar-refractivity contribution in [1.82, 2.24) is 5.32 Å². The van der Waals surface area contributed by atoms with Crippen LogP contribution in [0.3, 0.4) is 0 Å². The van der Waals surface area contributed by atoms with Crippen LogP contribution >= 0.6 is 0 Å². The molecule has 1 heteroatoms. The van der Waals surface area contributed by atoms with Gasteiger partial charge in [-0.1, -0.05) is 54.6 Å². The summed E-state index contributed by atoms with van der Waals surface area (Å²) in [5.41, 5.74) is 4.46. The fourth-order valence-electron chi connectivity index (χ4n) is 3.40. The molecule has 2 aromatic rings. The molecule has 98 valence electrons. The predicted octanol–water partition coefficient (Wildman–Crippen LogP) is 3.66. The maximum Gasteiger partial charge on any atom is 0.0330 e. The largest absolute Gasteiger partial charge is 0.316 e. The first kappa shape index (κ1) is 12.4. The second kappa shape index (κ2) is 5.18. The monoisotopic (exact) mass is 251 g/mol. The highest BCUT2D eigenvalue weighted by molar-refractivity contribution is 5.44. The van der Waals surface area contributed by atoms with E-state index in [4.69, 9.17) is 0 Å². The van der Waals surface area contributed by atoms with Crippen LogP contribution in [0.2, 0.25) is 0 Å². The van der Waals surface area contributed by atoms with Crippen LogP contribution in [0, 0.1) is 6.92 Å². The Morgan fingerprint density at radius 1 is 0.947 bits per heavy atom. The molecule has 1 heterocycles. The first-order valence-electron chi connectivity index (χ1n) is 7.15. The Balaban J connectivity index is 2.15. The van der Waals surface area contributed by atoms with Crippen molar-refractivity contribution in [3.05, 3.63) is 71.3 Å². The molecule has 1 nitrogen and oxygen atoms in total. The Kier molecular flexibility index (Phi) is 3.39.